The summed E-state index contributed by atoms with van der Waals surface area (Å²) in [5.41, 5.74) is 0.826. The first-order chi connectivity index (χ1) is 9.78. The Morgan fingerprint density at radius 2 is 2.40 bits per heavy atom. The van der Waals surface area contributed by atoms with Crippen LogP contribution in [0.3, 0.4) is 0 Å². The van der Waals surface area contributed by atoms with Gasteiger partial charge in [0.15, 0.2) is 10.8 Å². The van der Waals surface area contributed by atoms with Crippen molar-refractivity contribution in [2.75, 3.05) is 31.1 Å². The zero-order valence-corrected chi connectivity index (χ0v) is 11.6. The van der Waals surface area contributed by atoms with Crippen LogP contribution in [-0.4, -0.2) is 57.6 Å². The summed E-state index contributed by atoms with van der Waals surface area (Å²) in [4.78, 5) is 21.2. The van der Waals surface area contributed by atoms with Gasteiger partial charge in [0.25, 0.3) is 0 Å². The summed E-state index contributed by atoms with van der Waals surface area (Å²) in [5, 5.41) is 14.5. The molecule has 2 aromatic heterocycles. The van der Waals surface area contributed by atoms with E-state index in [9.17, 15) is 9.90 Å². The lowest BCUT2D eigenvalue weighted by Gasteiger charge is -2.36. The molecule has 2 saturated heterocycles. The largest absolute Gasteiger partial charge is 0.390 e. The summed E-state index contributed by atoms with van der Waals surface area (Å²) in [5.74, 6) is 0.846. The number of rotatable bonds is 2. The lowest BCUT2D eigenvalue weighted by Crippen LogP contribution is -2.52. The van der Waals surface area contributed by atoms with Crippen LogP contribution in [0.15, 0.2) is 11.6 Å². The molecule has 0 radical (unpaired) electrons. The van der Waals surface area contributed by atoms with Crippen molar-refractivity contribution in [1.82, 2.24) is 19.6 Å². The third-order valence-corrected chi connectivity index (χ3v) is 4.78. The first-order valence-corrected chi connectivity index (χ1v) is 7.50. The minimum atomic E-state index is -0.0324. The van der Waals surface area contributed by atoms with Gasteiger partial charge in [-0.05, 0) is 0 Å². The second-order valence-corrected chi connectivity index (χ2v) is 5.95. The Bertz CT molecular complexity index is 666. The molecule has 2 aromatic rings. The van der Waals surface area contributed by atoms with Crippen molar-refractivity contribution in [2.24, 2.45) is 0 Å². The van der Waals surface area contributed by atoms with Gasteiger partial charge in [0.2, 0.25) is 0 Å². The predicted octanol–water partition coefficient (Wildman–Crippen LogP) is 0.102. The molecule has 2 fully saturated rings. The fraction of sp³-hybridized carbons (Fsp3) is 0.500. The van der Waals surface area contributed by atoms with Crippen LogP contribution in [0.2, 0.25) is 0 Å². The number of nitrogens with zero attached hydrogens (tertiary/aromatic N) is 4. The number of hydrogen-bond donors (Lipinski definition) is 2. The van der Waals surface area contributed by atoms with Crippen LogP contribution in [0, 0.1) is 0 Å². The number of thiazole rings is 1. The summed E-state index contributed by atoms with van der Waals surface area (Å²) in [6, 6.07) is 0.227. The number of anilines is 1. The Labute approximate surface area is 119 Å². The van der Waals surface area contributed by atoms with Gasteiger partial charge in [0.05, 0.1) is 18.3 Å². The van der Waals surface area contributed by atoms with E-state index < -0.39 is 0 Å². The summed E-state index contributed by atoms with van der Waals surface area (Å²) < 4.78 is 1.93. The third kappa shape index (κ3) is 1.61. The maximum absolute atomic E-state index is 11.6. The van der Waals surface area contributed by atoms with Crippen LogP contribution in [0.25, 0.3) is 4.96 Å². The molecule has 0 saturated carbocycles. The van der Waals surface area contributed by atoms with E-state index in [4.69, 9.17) is 0 Å². The van der Waals surface area contributed by atoms with Crippen molar-refractivity contribution in [3.8, 4) is 0 Å². The molecule has 1 unspecified atom stereocenters. The fourth-order valence-electron chi connectivity index (χ4n) is 3.02. The Hall–Kier alpha value is -1.80. The van der Waals surface area contributed by atoms with Gasteiger partial charge in [0.1, 0.15) is 0 Å². The van der Waals surface area contributed by atoms with Crippen LogP contribution in [0.4, 0.5) is 10.6 Å². The summed E-state index contributed by atoms with van der Waals surface area (Å²) in [6.45, 7) is 2.87. The molecule has 0 aromatic carbocycles. The number of hydrogen-bond acceptors (Lipinski definition) is 5. The number of piperazine rings is 1. The fourth-order valence-corrected chi connectivity index (χ4v) is 3.75. The molecule has 7 nitrogen and oxygen atoms in total. The quantitative estimate of drug-likeness (QED) is 0.824. The van der Waals surface area contributed by atoms with Gasteiger partial charge in [-0.3, -0.25) is 4.40 Å². The molecule has 0 spiro atoms. The van der Waals surface area contributed by atoms with Crippen molar-refractivity contribution in [2.45, 2.75) is 12.6 Å². The SMILES string of the molecule is O=C1NCC2CN(c3nc4sccn4c3CO)CCN12. The molecule has 106 valence electrons. The van der Waals surface area contributed by atoms with E-state index in [1.807, 2.05) is 20.9 Å². The standard InChI is InChI=1S/C12H15N5O2S/c18-7-9-10(14-12-17(9)3-4-20-12)15-1-2-16-8(6-15)5-13-11(16)19/h3-4,8,18H,1-2,5-7H2,(H,13,19). The second kappa shape index (κ2) is 4.35. The van der Waals surface area contributed by atoms with E-state index in [2.05, 4.69) is 15.2 Å². The molecule has 20 heavy (non-hydrogen) atoms. The maximum Gasteiger partial charge on any atom is 0.317 e. The second-order valence-electron chi connectivity index (χ2n) is 5.08. The number of aromatic nitrogens is 2. The molecular formula is C12H15N5O2S. The summed E-state index contributed by atoms with van der Waals surface area (Å²) in [7, 11) is 0. The molecule has 0 aliphatic carbocycles. The average molecular weight is 293 g/mol. The van der Waals surface area contributed by atoms with E-state index in [0.29, 0.717) is 13.1 Å². The number of fused-ring (bicyclic) bond motifs is 2. The van der Waals surface area contributed by atoms with E-state index in [1.165, 1.54) is 0 Å². The zero-order valence-electron chi connectivity index (χ0n) is 10.8. The topological polar surface area (TPSA) is 73.1 Å². The van der Waals surface area contributed by atoms with E-state index in [1.54, 1.807) is 11.3 Å². The van der Waals surface area contributed by atoms with Crippen LogP contribution in [-0.2, 0) is 6.61 Å². The molecule has 2 amide bonds. The minimum Gasteiger partial charge on any atom is -0.390 e. The maximum atomic E-state index is 11.6. The third-order valence-electron chi connectivity index (χ3n) is 4.02. The molecule has 2 aliphatic heterocycles. The molecular weight excluding hydrogens is 278 g/mol. The lowest BCUT2D eigenvalue weighted by molar-refractivity contribution is 0.197. The van der Waals surface area contributed by atoms with Gasteiger partial charge in [0, 0.05) is 37.8 Å². The first-order valence-electron chi connectivity index (χ1n) is 6.62. The van der Waals surface area contributed by atoms with Crippen molar-refractivity contribution >= 4 is 28.1 Å². The number of carbonyl (C=O) groups is 1. The van der Waals surface area contributed by atoms with Crippen molar-refractivity contribution in [3.63, 3.8) is 0 Å². The molecule has 1 atom stereocenters. The van der Waals surface area contributed by atoms with Crippen molar-refractivity contribution in [3.05, 3.63) is 17.3 Å². The normalized spacial score (nSPS) is 22.4. The summed E-state index contributed by atoms with van der Waals surface area (Å²) >= 11 is 1.56. The smallest absolute Gasteiger partial charge is 0.317 e. The number of carbonyl (C=O) groups excluding carboxylic acids is 1. The highest BCUT2D eigenvalue weighted by Gasteiger charge is 2.36. The number of imidazole rings is 1. The first kappa shape index (κ1) is 12.0. The number of aliphatic hydroxyl groups is 1. The Balaban J connectivity index is 1.66. The van der Waals surface area contributed by atoms with Gasteiger partial charge < -0.3 is 20.2 Å². The van der Waals surface area contributed by atoms with Gasteiger partial charge >= 0.3 is 6.03 Å². The molecule has 2 N–H and O–H groups in total. The molecule has 4 rings (SSSR count). The summed E-state index contributed by atoms with van der Waals surface area (Å²) in [6.07, 6.45) is 1.93. The highest BCUT2D eigenvalue weighted by Crippen LogP contribution is 2.27. The number of amides is 2. The van der Waals surface area contributed by atoms with Crippen molar-refractivity contribution in [1.29, 1.82) is 0 Å². The van der Waals surface area contributed by atoms with Crippen LogP contribution < -0.4 is 10.2 Å². The molecule has 4 heterocycles. The number of nitrogens with one attached hydrogen (secondary N) is 1. The van der Waals surface area contributed by atoms with E-state index in [-0.39, 0.29) is 18.7 Å². The van der Waals surface area contributed by atoms with Crippen molar-refractivity contribution < 1.29 is 9.90 Å². The monoisotopic (exact) mass is 293 g/mol. The highest BCUT2D eigenvalue weighted by atomic mass is 32.1. The van der Waals surface area contributed by atoms with Gasteiger partial charge in [-0.1, -0.05) is 0 Å². The van der Waals surface area contributed by atoms with E-state index >= 15 is 0 Å². The molecule has 8 heteroatoms. The molecule has 2 aliphatic rings. The Morgan fingerprint density at radius 3 is 3.25 bits per heavy atom. The Kier molecular flexibility index (Phi) is 2.61. The van der Waals surface area contributed by atoms with Crippen LogP contribution in [0.5, 0.6) is 0 Å². The number of urea groups is 1. The van der Waals surface area contributed by atoms with Crippen LogP contribution >= 0.6 is 11.3 Å². The van der Waals surface area contributed by atoms with Gasteiger partial charge in [-0.25, -0.2) is 9.78 Å². The average Bonchev–Trinajstić information content (AvgIpc) is 3.12. The molecule has 0 bridgehead atoms. The van der Waals surface area contributed by atoms with Crippen LogP contribution in [0.1, 0.15) is 5.69 Å². The zero-order chi connectivity index (χ0) is 13.7. The van der Waals surface area contributed by atoms with Gasteiger partial charge in [-0.2, -0.15) is 0 Å². The van der Waals surface area contributed by atoms with E-state index in [0.717, 1.165) is 29.6 Å². The minimum absolute atomic E-state index is 0.0304. The highest BCUT2D eigenvalue weighted by molar-refractivity contribution is 7.15. The predicted molar refractivity (Wildman–Crippen MR) is 75.1 cm³/mol. The Morgan fingerprint density at radius 1 is 1.50 bits per heavy atom. The lowest BCUT2D eigenvalue weighted by atomic mass is 10.2. The van der Waals surface area contributed by atoms with Gasteiger partial charge in [-0.15, -0.1) is 11.3 Å². The number of aliphatic hydroxyl groups excluding tert-OH is 1.